The molecule has 1 aromatic rings. The highest BCUT2D eigenvalue weighted by atomic mass is 16.5. The minimum atomic E-state index is 0.577. The molecule has 1 aliphatic carbocycles. The third kappa shape index (κ3) is 3.70. The lowest BCUT2D eigenvalue weighted by Gasteiger charge is -2.28. The summed E-state index contributed by atoms with van der Waals surface area (Å²) in [6.07, 6.45) is 7.92. The van der Waals surface area contributed by atoms with Crippen molar-refractivity contribution in [3.05, 3.63) is 23.8 Å². The summed E-state index contributed by atoms with van der Waals surface area (Å²) in [5, 5.41) is 3.70. The van der Waals surface area contributed by atoms with Gasteiger partial charge in [0.15, 0.2) is 11.5 Å². The van der Waals surface area contributed by atoms with Crippen LogP contribution in [0.5, 0.6) is 11.5 Å². The number of nitrogens with one attached hydrogen (secondary N) is 1. The Bertz CT molecular complexity index is 455. The van der Waals surface area contributed by atoms with E-state index in [4.69, 9.17) is 9.47 Å². The van der Waals surface area contributed by atoms with E-state index in [1.165, 1.54) is 37.7 Å². The predicted molar refractivity (Wildman–Crippen MR) is 84.9 cm³/mol. The summed E-state index contributed by atoms with van der Waals surface area (Å²) in [4.78, 5) is 0. The van der Waals surface area contributed by atoms with Crippen LogP contribution in [-0.4, -0.2) is 19.3 Å². The Morgan fingerprint density at radius 1 is 1.10 bits per heavy atom. The van der Waals surface area contributed by atoms with Gasteiger partial charge in [-0.2, -0.15) is 0 Å². The molecule has 1 aromatic carbocycles. The van der Waals surface area contributed by atoms with Gasteiger partial charge in [0.25, 0.3) is 0 Å². The zero-order chi connectivity index (χ0) is 14.5. The van der Waals surface area contributed by atoms with E-state index in [0.717, 1.165) is 43.6 Å². The zero-order valence-electron chi connectivity index (χ0n) is 13.1. The fourth-order valence-corrected chi connectivity index (χ4v) is 3.47. The van der Waals surface area contributed by atoms with Gasteiger partial charge in [0.1, 0.15) is 0 Å². The summed E-state index contributed by atoms with van der Waals surface area (Å²) >= 11 is 0. The van der Waals surface area contributed by atoms with Crippen LogP contribution in [0.2, 0.25) is 0 Å². The molecular weight excluding hydrogens is 262 g/mol. The van der Waals surface area contributed by atoms with Crippen molar-refractivity contribution in [2.24, 2.45) is 5.92 Å². The van der Waals surface area contributed by atoms with E-state index in [9.17, 15) is 0 Å². The van der Waals surface area contributed by atoms with Crippen molar-refractivity contribution in [2.45, 2.75) is 58.0 Å². The Hall–Kier alpha value is -1.22. The molecule has 0 bridgehead atoms. The predicted octanol–water partition coefficient (Wildman–Crippen LogP) is 3.91. The number of fused-ring (bicyclic) bond motifs is 1. The quantitative estimate of drug-likeness (QED) is 0.911. The van der Waals surface area contributed by atoms with E-state index in [2.05, 4.69) is 24.4 Å². The Labute approximate surface area is 128 Å². The molecule has 0 amide bonds. The molecule has 0 spiro atoms. The molecule has 1 aliphatic heterocycles. The molecule has 0 saturated heterocycles. The third-order valence-corrected chi connectivity index (χ3v) is 4.82. The molecule has 21 heavy (non-hydrogen) atoms. The van der Waals surface area contributed by atoms with Crippen LogP contribution in [0, 0.1) is 5.92 Å². The first-order valence-electron chi connectivity index (χ1n) is 8.45. The van der Waals surface area contributed by atoms with Crippen molar-refractivity contribution in [1.82, 2.24) is 5.32 Å². The average molecular weight is 289 g/mol. The van der Waals surface area contributed by atoms with E-state index < -0.39 is 0 Å². The summed E-state index contributed by atoms with van der Waals surface area (Å²) in [6.45, 7) is 4.70. The molecule has 3 heteroatoms. The molecule has 0 unspecified atom stereocenters. The smallest absolute Gasteiger partial charge is 0.165 e. The topological polar surface area (TPSA) is 30.5 Å². The van der Waals surface area contributed by atoms with Gasteiger partial charge in [-0.1, -0.05) is 31.4 Å². The van der Waals surface area contributed by atoms with E-state index in [0.29, 0.717) is 6.04 Å². The lowest BCUT2D eigenvalue weighted by atomic mass is 9.84. The minimum absolute atomic E-state index is 0.577. The average Bonchev–Trinajstić information content (AvgIpc) is 2.79. The maximum Gasteiger partial charge on any atom is 0.165 e. The van der Waals surface area contributed by atoms with Gasteiger partial charge < -0.3 is 14.8 Å². The Morgan fingerprint density at radius 3 is 2.76 bits per heavy atom. The van der Waals surface area contributed by atoms with Gasteiger partial charge >= 0.3 is 0 Å². The first-order valence-corrected chi connectivity index (χ1v) is 8.45. The molecule has 0 radical (unpaired) electrons. The van der Waals surface area contributed by atoms with Crippen LogP contribution in [0.4, 0.5) is 0 Å². The zero-order valence-corrected chi connectivity index (χ0v) is 13.1. The van der Waals surface area contributed by atoms with Gasteiger partial charge in [-0.15, -0.1) is 0 Å². The van der Waals surface area contributed by atoms with Crippen LogP contribution >= 0.6 is 0 Å². The van der Waals surface area contributed by atoms with Crippen LogP contribution in [0.1, 0.15) is 51.0 Å². The van der Waals surface area contributed by atoms with E-state index in [1.807, 2.05) is 6.07 Å². The lowest BCUT2D eigenvalue weighted by Crippen LogP contribution is -2.34. The highest BCUT2D eigenvalue weighted by Gasteiger charge is 2.20. The van der Waals surface area contributed by atoms with E-state index in [-0.39, 0.29) is 0 Å². The van der Waals surface area contributed by atoms with Gasteiger partial charge in [-0.05, 0) is 31.7 Å². The minimum Gasteiger partial charge on any atom is -0.490 e. The van der Waals surface area contributed by atoms with Gasteiger partial charge in [0.05, 0.1) is 13.2 Å². The van der Waals surface area contributed by atoms with Crippen LogP contribution in [0.25, 0.3) is 0 Å². The van der Waals surface area contributed by atoms with Gasteiger partial charge in [-0.25, -0.2) is 0 Å². The normalized spacial score (nSPS) is 20.8. The Kier molecular flexibility index (Phi) is 5.02. The fourth-order valence-electron chi connectivity index (χ4n) is 3.47. The molecule has 1 fully saturated rings. The van der Waals surface area contributed by atoms with E-state index >= 15 is 0 Å². The molecule has 1 saturated carbocycles. The van der Waals surface area contributed by atoms with Crippen molar-refractivity contribution in [3.8, 4) is 11.5 Å². The SMILES string of the molecule is C[C@H](NCc1cccc2c1OCCCO2)C1CCCCC1. The number of hydrogen-bond donors (Lipinski definition) is 1. The molecule has 2 aliphatic rings. The highest BCUT2D eigenvalue weighted by Crippen LogP contribution is 2.33. The number of rotatable bonds is 4. The van der Waals surface area contributed by atoms with Crippen molar-refractivity contribution in [1.29, 1.82) is 0 Å². The fraction of sp³-hybridized carbons (Fsp3) is 0.667. The van der Waals surface area contributed by atoms with Crippen LogP contribution < -0.4 is 14.8 Å². The van der Waals surface area contributed by atoms with Crippen molar-refractivity contribution in [2.75, 3.05) is 13.2 Å². The molecule has 1 heterocycles. The molecule has 1 N–H and O–H groups in total. The van der Waals surface area contributed by atoms with Crippen LogP contribution in [-0.2, 0) is 6.54 Å². The van der Waals surface area contributed by atoms with Crippen molar-refractivity contribution >= 4 is 0 Å². The second-order valence-corrected chi connectivity index (χ2v) is 6.36. The Morgan fingerprint density at radius 2 is 1.90 bits per heavy atom. The molecule has 3 rings (SSSR count). The number of hydrogen-bond acceptors (Lipinski definition) is 3. The summed E-state index contributed by atoms with van der Waals surface area (Å²) in [5.74, 6) is 2.67. The molecular formula is C18H27NO2. The summed E-state index contributed by atoms with van der Waals surface area (Å²) in [6, 6.07) is 6.80. The van der Waals surface area contributed by atoms with Gasteiger partial charge in [-0.3, -0.25) is 0 Å². The second kappa shape index (κ2) is 7.17. The lowest BCUT2D eigenvalue weighted by molar-refractivity contribution is 0.277. The second-order valence-electron chi connectivity index (χ2n) is 6.36. The molecule has 3 nitrogen and oxygen atoms in total. The number of para-hydroxylation sites is 1. The molecule has 0 aromatic heterocycles. The third-order valence-electron chi connectivity index (χ3n) is 4.82. The van der Waals surface area contributed by atoms with Gasteiger partial charge in [0, 0.05) is 24.6 Å². The van der Waals surface area contributed by atoms with Crippen molar-refractivity contribution in [3.63, 3.8) is 0 Å². The maximum absolute atomic E-state index is 5.89. The van der Waals surface area contributed by atoms with Crippen molar-refractivity contribution < 1.29 is 9.47 Å². The first kappa shape index (κ1) is 14.7. The maximum atomic E-state index is 5.89. The van der Waals surface area contributed by atoms with Crippen LogP contribution in [0.15, 0.2) is 18.2 Å². The van der Waals surface area contributed by atoms with E-state index in [1.54, 1.807) is 0 Å². The number of benzene rings is 1. The Balaban J connectivity index is 1.62. The first-order chi connectivity index (χ1) is 10.3. The number of ether oxygens (including phenoxy) is 2. The summed E-state index contributed by atoms with van der Waals surface area (Å²) < 4.78 is 11.7. The van der Waals surface area contributed by atoms with Crippen LogP contribution in [0.3, 0.4) is 0 Å². The largest absolute Gasteiger partial charge is 0.490 e. The summed E-state index contributed by atoms with van der Waals surface area (Å²) in [7, 11) is 0. The summed E-state index contributed by atoms with van der Waals surface area (Å²) in [5.41, 5.74) is 1.22. The molecule has 116 valence electrons. The van der Waals surface area contributed by atoms with Gasteiger partial charge in [0.2, 0.25) is 0 Å². The standard InChI is InChI=1S/C18H27NO2/c1-14(15-7-3-2-4-8-15)19-13-16-9-5-10-17-18(16)21-12-6-11-20-17/h5,9-10,14-15,19H,2-4,6-8,11-13H2,1H3/t14-/m0/s1. The monoisotopic (exact) mass is 289 g/mol. The molecule has 1 atom stereocenters. The highest BCUT2D eigenvalue weighted by molar-refractivity contribution is 5.47.